The molecule has 2 aliphatic rings. The number of likely N-dealkylation sites (tertiary alicyclic amines) is 1. The normalized spacial score (nSPS) is 25.1. The standard InChI is InChI=1S/C19H27N3O4S/c1-13-6-5-7-14(10-13)21-9-8-16(17(21)23)20-18(24)22-12-15(27(4,25)26)11-19(22,2)3/h5-7,10,15-16H,8-9,11-12H2,1-4H3,(H,20,24). The van der Waals surface area contributed by atoms with E-state index in [4.69, 9.17) is 0 Å². The van der Waals surface area contributed by atoms with Crippen molar-refractivity contribution in [3.63, 3.8) is 0 Å². The number of rotatable bonds is 3. The summed E-state index contributed by atoms with van der Waals surface area (Å²) in [6, 6.07) is 6.73. The van der Waals surface area contributed by atoms with Crippen LogP contribution in [0, 0.1) is 6.92 Å². The summed E-state index contributed by atoms with van der Waals surface area (Å²) in [7, 11) is -3.22. The van der Waals surface area contributed by atoms with E-state index in [1.54, 1.807) is 9.80 Å². The summed E-state index contributed by atoms with van der Waals surface area (Å²) in [6.45, 7) is 6.38. The number of sulfone groups is 1. The largest absolute Gasteiger partial charge is 0.326 e. The van der Waals surface area contributed by atoms with E-state index in [9.17, 15) is 18.0 Å². The Labute approximate surface area is 160 Å². The SMILES string of the molecule is Cc1cccc(N2CCC(NC(=O)N3CC(S(C)(=O)=O)CC3(C)C)C2=O)c1. The van der Waals surface area contributed by atoms with Crippen LogP contribution >= 0.6 is 0 Å². The van der Waals surface area contributed by atoms with Gasteiger partial charge < -0.3 is 15.1 Å². The van der Waals surface area contributed by atoms with Gasteiger partial charge in [0.2, 0.25) is 5.91 Å². The highest BCUT2D eigenvalue weighted by atomic mass is 32.2. The van der Waals surface area contributed by atoms with Gasteiger partial charge in [0.25, 0.3) is 0 Å². The Morgan fingerprint density at radius 1 is 1.30 bits per heavy atom. The molecule has 27 heavy (non-hydrogen) atoms. The highest BCUT2D eigenvalue weighted by molar-refractivity contribution is 7.91. The Morgan fingerprint density at radius 2 is 2.00 bits per heavy atom. The van der Waals surface area contributed by atoms with Crippen LogP contribution in [0.15, 0.2) is 24.3 Å². The highest BCUT2D eigenvalue weighted by Gasteiger charge is 2.46. The second kappa shape index (κ2) is 6.82. The van der Waals surface area contributed by atoms with Crippen molar-refractivity contribution in [3.8, 4) is 0 Å². The minimum absolute atomic E-state index is 0.134. The number of anilines is 1. The van der Waals surface area contributed by atoms with Gasteiger partial charge in [-0.3, -0.25) is 4.79 Å². The molecule has 8 heteroatoms. The maximum absolute atomic E-state index is 12.8. The van der Waals surface area contributed by atoms with Crippen molar-refractivity contribution in [3.05, 3.63) is 29.8 Å². The number of aryl methyl sites for hydroxylation is 1. The van der Waals surface area contributed by atoms with E-state index in [2.05, 4.69) is 5.32 Å². The van der Waals surface area contributed by atoms with E-state index in [0.717, 1.165) is 11.3 Å². The molecule has 0 radical (unpaired) electrons. The van der Waals surface area contributed by atoms with Gasteiger partial charge in [-0.1, -0.05) is 12.1 Å². The fourth-order valence-electron chi connectivity index (χ4n) is 3.92. The molecule has 2 unspecified atom stereocenters. The van der Waals surface area contributed by atoms with Crippen LogP contribution in [0.25, 0.3) is 0 Å². The van der Waals surface area contributed by atoms with Crippen molar-refractivity contribution in [1.29, 1.82) is 0 Å². The van der Waals surface area contributed by atoms with Crippen LogP contribution < -0.4 is 10.2 Å². The summed E-state index contributed by atoms with van der Waals surface area (Å²) in [5, 5.41) is 2.25. The number of hydrogen-bond donors (Lipinski definition) is 1. The van der Waals surface area contributed by atoms with Crippen LogP contribution in [0.4, 0.5) is 10.5 Å². The smallest absolute Gasteiger partial charge is 0.318 e. The highest BCUT2D eigenvalue weighted by Crippen LogP contribution is 2.32. The Morgan fingerprint density at radius 3 is 2.59 bits per heavy atom. The van der Waals surface area contributed by atoms with Crippen molar-refractivity contribution >= 4 is 27.5 Å². The first kappa shape index (κ1) is 19.7. The van der Waals surface area contributed by atoms with Crippen LogP contribution in [0.3, 0.4) is 0 Å². The van der Waals surface area contributed by atoms with Gasteiger partial charge in [0.05, 0.1) is 5.25 Å². The number of urea groups is 1. The lowest BCUT2D eigenvalue weighted by Crippen LogP contribution is -2.52. The molecule has 0 spiro atoms. The molecule has 7 nitrogen and oxygen atoms in total. The van der Waals surface area contributed by atoms with Gasteiger partial charge >= 0.3 is 6.03 Å². The predicted molar refractivity (Wildman–Crippen MR) is 105 cm³/mol. The molecule has 1 N–H and O–H groups in total. The van der Waals surface area contributed by atoms with Crippen LogP contribution in [-0.4, -0.2) is 61.4 Å². The van der Waals surface area contributed by atoms with Crippen molar-refractivity contribution in [2.45, 2.75) is 50.4 Å². The first-order chi connectivity index (χ1) is 12.5. The number of carbonyl (C=O) groups is 2. The first-order valence-electron chi connectivity index (χ1n) is 9.14. The van der Waals surface area contributed by atoms with Crippen molar-refractivity contribution in [2.75, 3.05) is 24.2 Å². The second-order valence-electron chi connectivity index (χ2n) is 8.20. The lowest BCUT2D eigenvalue weighted by molar-refractivity contribution is -0.118. The monoisotopic (exact) mass is 393 g/mol. The first-order valence-corrected chi connectivity index (χ1v) is 11.1. The fraction of sp³-hybridized carbons (Fsp3) is 0.579. The van der Waals surface area contributed by atoms with Crippen molar-refractivity contribution in [1.82, 2.24) is 10.2 Å². The molecular formula is C19H27N3O4S. The van der Waals surface area contributed by atoms with Crippen LogP contribution in [0.5, 0.6) is 0 Å². The zero-order chi connectivity index (χ0) is 20.0. The van der Waals surface area contributed by atoms with E-state index < -0.39 is 26.7 Å². The van der Waals surface area contributed by atoms with E-state index in [1.807, 2.05) is 45.0 Å². The molecule has 3 amide bonds. The van der Waals surface area contributed by atoms with Crippen LogP contribution in [0.1, 0.15) is 32.3 Å². The van der Waals surface area contributed by atoms with Gasteiger partial charge in [-0.2, -0.15) is 0 Å². The molecule has 1 aromatic carbocycles. The molecule has 0 bridgehead atoms. The van der Waals surface area contributed by atoms with Gasteiger partial charge in [-0.05, 0) is 51.3 Å². The third-order valence-electron chi connectivity index (χ3n) is 5.51. The third-order valence-corrected chi connectivity index (χ3v) is 7.04. The molecule has 0 saturated carbocycles. The third kappa shape index (κ3) is 3.95. The maximum Gasteiger partial charge on any atom is 0.318 e. The summed E-state index contributed by atoms with van der Waals surface area (Å²) in [5.74, 6) is -0.134. The Bertz CT molecular complexity index is 865. The summed E-state index contributed by atoms with van der Waals surface area (Å²) < 4.78 is 23.8. The lowest BCUT2D eigenvalue weighted by Gasteiger charge is -2.32. The molecule has 0 aliphatic carbocycles. The molecule has 2 fully saturated rings. The molecule has 2 heterocycles. The van der Waals surface area contributed by atoms with Gasteiger partial charge in [0.15, 0.2) is 9.84 Å². The molecule has 1 aromatic rings. The number of nitrogens with zero attached hydrogens (tertiary/aromatic N) is 2. The zero-order valence-electron chi connectivity index (χ0n) is 16.2. The Hall–Kier alpha value is -2.09. The molecule has 2 atom stereocenters. The molecule has 2 saturated heterocycles. The van der Waals surface area contributed by atoms with E-state index in [-0.39, 0.29) is 18.5 Å². The minimum Gasteiger partial charge on any atom is -0.326 e. The Kier molecular flexibility index (Phi) is 4.96. The second-order valence-corrected chi connectivity index (χ2v) is 10.5. The molecule has 0 aromatic heterocycles. The summed E-state index contributed by atoms with van der Waals surface area (Å²) in [6.07, 6.45) is 2.13. The molecular weight excluding hydrogens is 366 g/mol. The summed E-state index contributed by atoms with van der Waals surface area (Å²) >= 11 is 0. The van der Waals surface area contributed by atoms with Gasteiger partial charge in [-0.25, -0.2) is 13.2 Å². The number of benzene rings is 1. The van der Waals surface area contributed by atoms with E-state index in [1.165, 1.54) is 6.26 Å². The lowest BCUT2D eigenvalue weighted by atomic mass is 10.0. The number of carbonyl (C=O) groups excluding carboxylic acids is 2. The van der Waals surface area contributed by atoms with Gasteiger partial charge in [0, 0.05) is 30.6 Å². The zero-order valence-corrected chi connectivity index (χ0v) is 17.0. The average Bonchev–Trinajstić information content (AvgIpc) is 3.07. The van der Waals surface area contributed by atoms with Crippen molar-refractivity contribution in [2.24, 2.45) is 0 Å². The maximum atomic E-state index is 12.8. The minimum atomic E-state index is -3.22. The number of amides is 3. The van der Waals surface area contributed by atoms with Crippen molar-refractivity contribution < 1.29 is 18.0 Å². The predicted octanol–water partition coefficient (Wildman–Crippen LogP) is 1.71. The summed E-state index contributed by atoms with van der Waals surface area (Å²) in [5.41, 5.74) is 1.32. The quantitative estimate of drug-likeness (QED) is 0.847. The molecule has 3 rings (SSSR count). The van der Waals surface area contributed by atoms with E-state index >= 15 is 0 Å². The van der Waals surface area contributed by atoms with E-state index in [0.29, 0.717) is 19.4 Å². The topological polar surface area (TPSA) is 86.8 Å². The molecule has 148 valence electrons. The number of hydrogen-bond acceptors (Lipinski definition) is 4. The number of nitrogens with one attached hydrogen (secondary N) is 1. The fourth-order valence-corrected chi connectivity index (χ4v) is 5.05. The average molecular weight is 394 g/mol. The van der Waals surface area contributed by atoms with Crippen LogP contribution in [-0.2, 0) is 14.6 Å². The Balaban J connectivity index is 1.69. The van der Waals surface area contributed by atoms with Gasteiger partial charge in [-0.15, -0.1) is 0 Å². The van der Waals surface area contributed by atoms with Gasteiger partial charge in [0.1, 0.15) is 6.04 Å². The summed E-state index contributed by atoms with van der Waals surface area (Å²) in [4.78, 5) is 28.8. The molecule has 2 aliphatic heterocycles. The van der Waals surface area contributed by atoms with Crippen LogP contribution in [0.2, 0.25) is 0 Å².